The fourth-order valence-corrected chi connectivity index (χ4v) is 4.17. The van der Waals surface area contributed by atoms with Crippen molar-refractivity contribution in [2.24, 2.45) is 7.05 Å². The van der Waals surface area contributed by atoms with E-state index in [-0.39, 0.29) is 11.8 Å². The summed E-state index contributed by atoms with van der Waals surface area (Å²) >= 11 is 0. The lowest BCUT2D eigenvalue weighted by molar-refractivity contribution is -0.121. The van der Waals surface area contributed by atoms with Crippen LogP contribution in [0.4, 0.5) is 0 Å². The zero-order valence-corrected chi connectivity index (χ0v) is 19.2. The first kappa shape index (κ1) is 22.6. The molecular weight excluding hydrogens is 412 g/mol. The third-order valence-corrected chi connectivity index (χ3v) is 5.83. The Morgan fingerprint density at radius 2 is 1.79 bits per heavy atom. The molecule has 0 saturated heterocycles. The minimum atomic E-state index is -0.0982. The van der Waals surface area contributed by atoms with Crippen LogP contribution in [0.15, 0.2) is 85.1 Å². The molecule has 4 rings (SSSR count). The van der Waals surface area contributed by atoms with Crippen LogP contribution >= 0.6 is 0 Å². The van der Waals surface area contributed by atoms with Gasteiger partial charge in [-0.25, -0.2) is 0 Å². The second-order valence-electron chi connectivity index (χ2n) is 8.16. The van der Waals surface area contributed by atoms with E-state index >= 15 is 0 Å². The summed E-state index contributed by atoms with van der Waals surface area (Å²) in [6.07, 6.45) is 2.48. The fraction of sp³-hybridized carbons (Fsp3) is 0.250. The number of aromatic nitrogens is 1. The minimum absolute atomic E-state index is 0.000547. The normalized spacial score (nSPS) is 11.9. The first-order valence-corrected chi connectivity index (χ1v) is 11.2. The predicted molar refractivity (Wildman–Crippen MR) is 131 cm³/mol. The maximum atomic E-state index is 12.8. The lowest BCUT2D eigenvalue weighted by atomic mass is 9.88. The molecule has 170 valence electrons. The number of hydrogen-bond acceptors (Lipinski definition) is 3. The summed E-state index contributed by atoms with van der Waals surface area (Å²) in [5.74, 6) is 0.695. The number of carbonyl (C=O) groups excluding carboxylic acids is 1. The van der Waals surface area contributed by atoms with Crippen LogP contribution in [0, 0.1) is 0 Å². The van der Waals surface area contributed by atoms with E-state index in [0.29, 0.717) is 26.2 Å². The molecule has 0 aliphatic carbocycles. The average molecular weight is 443 g/mol. The maximum Gasteiger partial charge on any atom is 0.221 e. The number of para-hydroxylation sites is 1. The van der Waals surface area contributed by atoms with Crippen molar-refractivity contribution in [3.8, 4) is 5.75 Å². The van der Waals surface area contributed by atoms with E-state index in [1.165, 1.54) is 0 Å². The molecule has 0 radical (unpaired) electrons. The molecule has 1 N–H and O–H groups in total. The number of nitrogens with zero attached hydrogens (tertiary/aromatic N) is 1. The van der Waals surface area contributed by atoms with Gasteiger partial charge in [0.05, 0.1) is 6.61 Å². The van der Waals surface area contributed by atoms with Gasteiger partial charge in [-0.1, -0.05) is 60.7 Å². The molecule has 1 aromatic heterocycles. The largest absolute Gasteiger partial charge is 0.489 e. The van der Waals surface area contributed by atoms with Gasteiger partial charge in [0.15, 0.2) is 0 Å². The maximum absolute atomic E-state index is 12.8. The number of hydrogen-bond donors (Lipinski definition) is 1. The van der Waals surface area contributed by atoms with Gasteiger partial charge in [-0.2, -0.15) is 0 Å². The molecule has 5 heteroatoms. The van der Waals surface area contributed by atoms with Gasteiger partial charge < -0.3 is 19.4 Å². The van der Waals surface area contributed by atoms with Gasteiger partial charge in [0.1, 0.15) is 12.4 Å². The summed E-state index contributed by atoms with van der Waals surface area (Å²) in [5.41, 5.74) is 4.45. The molecular formula is C28H30N2O3. The highest BCUT2D eigenvalue weighted by Crippen LogP contribution is 2.35. The van der Waals surface area contributed by atoms with Crippen LogP contribution in [0.2, 0.25) is 0 Å². The van der Waals surface area contributed by atoms with Crippen LogP contribution in [0.5, 0.6) is 5.75 Å². The molecule has 0 aliphatic rings. The van der Waals surface area contributed by atoms with Gasteiger partial charge in [0.25, 0.3) is 0 Å². The Balaban J connectivity index is 1.63. The molecule has 0 spiro atoms. The van der Waals surface area contributed by atoms with E-state index in [1.807, 2.05) is 61.6 Å². The van der Waals surface area contributed by atoms with Crippen LogP contribution in [0.1, 0.15) is 29.0 Å². The van der Waals surface area contributed by atoms with Crippen molar-refractivity contribution in [2.45, 2.75) is 18.9 Å². The van der Waals surface area contributed by atoms with E-state index in [0.717, 1.165) is 33.3 Å². The molecule has 0 fully saturated rings. The van der Waals surface area contributed by atoms with Gasteiger partial charge in [0, 0.05) is 50.1 Å². The molecule has 1 amide bonds. The molecule has 0 unspecified atom stereocenters. The van der Waals surface area contributed by atoms with E-state index in [2.05, 4.69) is 40.3 Å². The molecule has 0 aliphatic heterocycles. The third-order valence-electron chi connectivity index (χ3n) is 5.83. The van der Waals surface area contributed by atoms with Crippen LogP contribution in [0.3, 0.4) is 0 Å². The second kappa shape index (κ2) is 10.8. The summed E-state index contributed by atoms with van der Waals surface area (Å²) in [6.45, 7) is 1.49. The SMILES string of the molecule is COCCNC(=O)C[C@H](c1cccc(OCc2ccccc2)c1)c1cn(C)c2ccccc12. The first-order valence-electron chi connectivity index (χ1n) is 11.2. The number of aryl methyl sites for hydroxylation is 1. The summed E-state index contributed by atoms with van der Waals surface area (Å²) in [4.78, 5) is 12.8. The van der Waals surface area contributed by atoms with Crippen LogP contribution in [-0.2, 0) is 23.2 Å². The highest BCUT2D eigenvalue weighted by molar-refractivity contribution is 5.86. The van der Waals surface area contributed by atoms with E-state index < -0.39 is 0 Å². The lowest BCUT2D eigenvalue weighted by Gasteiger charge is -2.18. The zero-order chi connectivity index (χ0) is 23.0. The Labute approximate surface area is 195 Å². The smallest absolute Gasteiger partial charge is 0.221 e. The number of fused-ring (bicyclic) bond motifs is 1. The van der Waals surface area contributed by atoms with Gasteiger partial charge in [-0.3, -0.25) is 4.79 Å². The number of methoxy groups -OCH3 is 1. The van der Waals surface area contributed by atoms with Crippen molar-refractivity contribution in [3.05, 3.63) is 102 Å². The van der Waals surface area contributed by atoms with Crippen LogP contribution in [0.25, 0.3) is 10.9 Å². The molecule has 0 saturated carbocycles. The van der Waals surface area contributed by atoms with E-state index in [1.54, 1.807) is 7.11 Å². The van der Waals surface area contributed by atoms with E-state index in [4.69, 9.17) is 9.47 Å². The lowest BCUT2D eigenvalue weighted by Crippen LogP contribution is -2.28. The Kier molecular flexibility index (Phi) is 7.43. The van der Waals surface area contributed by atoms with Crippen LogP contribution in [-0.4, -0.2) is 30.7 Å². The minimum Gasteiger partial charge on any atom is -0.489 e. The number of amides is 1. The Morgan fingerprint density at radius 3 is 2.61 bits per heavy atom. The second-order valence-corrected chi connectivity index (χ2v) is 8.16. The van der Waals surface area contributed by atoms with Crippen molar-refractivity contribution >= 4 is 16.8 Å². The standard InChI is InChI=1S/C28H30N2O3/c1-30-19-26(24-13-6-7-14-27(24)30)25(18-28(31)29-15-16-32-2)22-11-8-12-23(17-22)33-20-21-9-4-3-5-10-21/h3-14,17,19,25H,15-16,18,20H2,1-2H3,(H,29,31)/t25-/m1/s1. The van der Waals surface area contributed by atoms with Gasteiger partial charge in [-0.15, -0.1) is 0 Å². The Hall–Kier alpha value is -3.57. The summed E-state index contributed by atoms with van der Waals surface area (Å²) < 4.78 is 13.3. The molecule has 3 aromatic carbocycles. The van der Waals surface area contributed by atoms with Crippen molar-refractivity contribution < 1.29 is 14.3 Å². The molecule has 1 atom stereocenters. The summed E-state index contributed by atoms with van der Waals surface area (Å²) in [6, 6.07) is 26.5. The third kappa shape index (κ3) is 5.62. The molecule has 4 aromatic rings. The van der Waals surface area contributed by atoms with Gasteiger partial charge in [0.2, 0.25) is 5.91 Å². The first-order chi connectivity index (χ1) is 16.2. The molecule has 5 nitrogen and oxygen atoms in total. The Morgan fingerprint density at radius 1 is 1.00 bits per heavy atom. The zero-order valence-electron chi connectivity index (χ0n) is 19.2. The number of carbonyl (C=O) groups is 1. The fourth-order valence-electron chi connectivity index (χ4n) is 4.17. The monoisotopic (exact) mass is 442 g/mol. The predicted octanol–water partition coefficient (Wildman–Crippen LogP) is 5.04. The number of benzene rings is 3. The van der Waals surface area contributed by atoms with Crippen LogP contribution < -0.4 is 10.1 Å². The number of nitrogens with one attached hydrogen (secondary N) is 1. The summed E-state index contributed by atoms with van der Waals surface area (Å²) in [5, 5.41) is 4.13. The number of ether oxygens (including phenoxy) is 2. The Bertz CT molecular complexity index is 1200. The van der Waals surface area contributed by atoms with Crippen molar-refractivity contribution in [2.75, 3.05) is 20.3 Å². The molecule has 0 bridgehead atoms. The molecule has 1 heterocycles. The van der Waals surface area contributed by atoms with Gasteiger partial charge >= 0.3 is 0 Å². The van der Waals surface area contributed by atoms with Gasteiger partial charge in [-0.05, 0) is 34.9 Å². The number of rotatable bonds is 10. The van der Waals surface area contributed by atoms with E-state index in [9.17, 15) is 4.79 Å². The summed E-state index contributed by atoms with van der Waals surface area (Å²) in [7, 11) is 3.67. The highest BCUT2D eigenvalue weighted by atomic mass is 16.5. The van der Waals surface area contributed by atoms with Crippen molar-refractivity contribution in [3.63, 3.8) is 0 Å². The van der Waals surface area contributed by atoms with Crippen molar-refractivity contribution in [1.82, 2.24) is 9.88 Å². The average Bonchev–Trinajstić information content (AvgIpc) is 3.18. The highest BCUT2D eigenvalue weighted by Gasteiger charge is 2.22. The molecule has 33 heavy (non-hydrogen) atoms. The topological polar surface area (TPSA) is 52.5 Å². The quantitative estimate of drug-likeness (QED) is 0.350. The van der Waals surface area contributed by atoms with Crippen molar-refractivity contribution in [1.29, 1.82) is 0 Å².